The molecule has 3 aromatic rings. The molecule has 0 bridgehead atoms. The van der Waals surface area contributed by atoms with Crippen molar-refractivity contribution in [3.63, 3.8) is 0 Å². The maximum atomic E-state index is 12.7. The molecule has 1 aliphatic rings. The number of aryl methyl sites for hydroxylation is 1. The van der Waals surface area contributed by atoms with E-state index in [1.54, 1.807) is 13.1 Å². The Kier molecular flexibility index (Phi) is 6.26. The Balaban J connectivity index is 1.29. The number of nitrogens with zero attached hydrogens (tertiary/aromatic N) is 5. The molecule has 1 unspecified atom stereocenters. The first kappa shape index (κ1) is 20.6. The molecule has 160 valence electrons. The predicted octanol–water partition coefficient (Wildman–Crippen LogP) is 3.04. The summed E-state index contributed by atoms with van der Waals surface area (Å²) in [6.07, 6.45) is 1.24. The van der Waals surface area contributed by atoms with Crippen LogP contribution in [0.15, 0.2) is 60.8 Å². The monoisotopic (exact) mass is 418 g/mol. The lowest BCUT2D eigenvalue weighted by atomic mass is 10.2. The number of carbonyl (C=O) groups is 1. The third kappa shape index (κ3) is 5.28. The van der Waals surface area contributed by atoms with Gasteiger partial charge in [0.2, 0.25) is 0 Å². The van der Waals surface area contributed by atoms with Crippen molar-refractivity contribution in [3.8, 4) is 5.75 Å². The fraction of sp³-hybridized carbons (Fsp3) is 0.304. The van der Waals surface area contributed by atoms with Crippen molar-refractivity contribution in [2.45, 2.75) is 20.0 Å². The number of hydrogen-bond acceptors (Lipinski definition) is 7. The molecular formula is C23H26N6O2. The fourth-order valence-corrected chi connectivity index (χ4v) is 3.46. The van der Waals surface area contributed by atoms with E-state index >= 15 is 0 Å². The van der Waals surface area contributed by atoms with Gasteiger partial charge in [-0.25, -0.2) is 4.98 Å². The van der Waals surface area contributed by atoms with Gasteiger partial charge in [0.25, 0.3) is 5.91 Å². The summed E-state index contributed by atoms with van der Waals surface area (Å²) >= 11 is 0. The van der Waals surface area contributed by atoms with Gasteiger partial charge in [0.1, 0.15) is 11.6 Å². The van der Waals surface area contributed by atoms with E-state index in [2.05, 4.69) is 25.4 Å². The molecule has 1 atom stereocenters. The number of ether oxygens (including phenoxy) is 1. The molecule has 0 spiro atoms. The van der Waals surface area contributed by atoms with Gasteiger partial charge in [-0.15, -0.1) is 10.2 Å². The van der Waals surface area contributed by atoms with Crippen molar-refractivity contribution in [1.29, 1.82) is 0 Å². The van der Waals surface area contributed by atoms with Gasteiger partial charge in [0, 0.05) is 32.4 Å². The van der Waals surface area contributed by atoms with E-state index in [-0.39, 0.29) is 5.91 Å². The van der Waals surface area contributed by atoms with Crippen LogP contribution in [-0.4, -0.2) is 58.3 Å². The Morgan fingerprint density at radius 1 is 1.00 bits per heavy atom. The standard InChI is InChI=1S/C23H26N6O2/c1-17-10-11-24-21(16-17)25-20-8-9-22(27-26-20)28-12-14-29(15-13-28)23(30)18(2)31-19-6-4-3-5-7-19/h3-11,16,18H,12-15H2,1-2H3,(H,24,25,26). The molecule has 8 heteroatoms. The van der Waals surface area contributed by atoms with E-state index in [1.165, 1.54) is 0 Å². The molecule has 3 heterocycles. The summed E-state index contributed by atoms with van der Waals surface area (Å²) < 4.78 is 5.77. The van der Waals surface area contributed by atoms with E-state index in [4.69, 9.17) is 4.74 Å². The van der Waals surface area contributed by atoms with Crippen LogP contribution < -0.4 is 15.0 Å². The third-order valence-electron chi connectivity index (χ3n) is 5.14. The first-order valence-electron chi connectivity index (χ1n) is 10.4. The van der Waals surface area contributed by atoms with Gasteiger partial charge in [0.15, 0.2) is 17.7 Å². The number of rotatable bonds is 6. The van der Waals surface area contributed by atoms with Gasteiger partial charge in [-0.2, -0.15) is 0 Å². The van der Waals surface area contributed by atoms with Crippen LogP contribution in [0.1, 0.15) is 12.5 Å². The number of benzene rings is 1. The molecule has 1 saturated heterocycles. The highest BCUT2D eigenvalue weighted by Gasteiger charge is 2.26. The second kappa shape index (κ2) is 9.42. The fourth-order valence-electron chi connectivity index (χ4n) is 3.46. The van der Waals surface area contributed by atoms with E-state index in [9.17, 15) is 4.79 Å². The van der Waals surface area contributed by atoms with Gasteiger partial charge in [0.05, 0.1) is 0 Å². The van der Waals surface area contributed by atoms with E-state index < -0.39 is 6.10 Å². The summed E-state index contributed by atoms with van der Waals surface area (Å²) in [5.41, 5.74) is 1.12. The summed E-state index contributed by atoms with van der Waals surface area (Å²) in [6.45, 7) is 6.45. The molecule has 1 amide bonds. The first-order valence-corrected chi connectivity index (χ1v) is 10.4. The lowest BCUT2D eigenvalue weighted by Crippen LogP contribution is -2.52. The number of hydrogen-bond donors (Lipinski definition) is 1. The van der Waals surface area contributed by atoms with E-state index in [0.717, 1.165) is 17.2 Å². The Morgan fingerprint density at radius 2 is 1.77 bits per heavy atom. The normalized spacial score (nSPS) is 14.8. The van der Waals surface area contributed by atoms with Crippen molar-refractivity contribution in [2.75, 3.05) is 36.4 Å². The zero-order valence-corrected chi connectivity index (χ0v) is 17.7. The summed E-state index contributed by atoms with van der Waals surface area (Å²) in [6, 6.07) is 17.1. The Bertz CT molecular complexity index is 1000. The maximum Gasteiger partial charge on any atom is 0.263 e. The highest BCUT2D eigenvalue weighted by Crippen LogP contribution is 2.18. The molecule has 1 N–H and O–H groups in total. The molecule has 31 heavy (non-hydrogen) atoms. The topological polar surface area (TPSA) is 83.5 Å². The summed E-state index contributed by atoms with van der Waals surface area (Å²) in [7, 11) is 0. The third-order valence-corrected chi connectivity index (χ3v) is 5.14. The molecule has 8 nitrogen and oxygen atoms in total. The Hall–Kier alpha value is -3.68. The van der Waals surface area contributed by atoms with E-state index in [1.807, 2.05) is 66.4 Å². The van der Waals surface area contributed by atoms with Gasteiger partial charge in [-0.3, -0.25) is 4.79 Å². The van der Waals surface area contributed by atoms with Gasteiger partial charge < -0.3 is 19.9 Å². The van der Waals surface area contributed by atoms with Crippen LogP contribution in [0.5, 0.6) is 5.75 Å². The van der Waals surface area contributed by atoms with Crippen LogP contribution in [0.2, 0.25) is 0 Å². The van der Waals surface area contributed by atoms with Crippen molar-refractivity contribution >= 4 is 23.4 Å². The first-order chi connectivity index (χ1) is 15.1. The molecule has 2 aromatic heterocycles. The van der Waals surface area contributed by atoms with Crippen molar-refractivity contribution in [3.05, 3.63) is 66.4 Å². The zero-order valence-electron chi connectivity index (χ0n) is 17.7. The second-order valence-corrected chi connectivity index (χ2v) is 7.51. The largest absolute Gasteiger partial charge is 0.481 e. The molecule has 1 fully saturated rings. The average molecular weight is 419 g/mol. The summed E-state index contributed by atoms with van der Waals surface area (Å²) in [4.78, 5) is 21.0. The van der Waals surface area contributed by atoms with Crippen LogP contribution >= 0.6 is 0 Å². The Morgan fingerprint density at radius 3 is 2.45 bits per heavy atom. The molecular weight excluding hydrogens is 392 g/mol. The number of carbonyl (C=O) groups excluding carboxylic acids is 1. The number of nitrogens with one attached hydrogen (secondary N) is 1. The van der Waals surface area contributed by atoms with Crippen molar-refractivity contribution < 1.29 is 9.53 Å². The Labute approximate surface area is 181 Å². The van der Waals surface area contributed by atoms with Crippen LogP contribution in [0, 0.1) is 6.92 Å². The van der Waals surface area contributed by atoms with Crippen LogP contribution in [-0.2, 0) is 4.79 Å². The maximum absolute atomic E-state index is 12.7. The number of para-hydroxylation sites is 1. The van der Waals surface area contributed by atoms with Gasteiger partial charge >= 0.3 is 0 Å². The van der Waals surface area contributed by atoms with Crippen LogP contribution in [0.25, 0.3) is 0 Å². The second-order valence-electron chi connectivity index (χ2n) is 7.51. The molecule has 0 radical (unpaired) electrons. The number of piperazine rings is 1. The van der Waals surface area contributed by atoms with Crippen molar-refractivity contribution in [1.82, 2.24) is 20.1 Å². The van der Waals surface area contributed by atoms with Gasteiger partial charge in [-0.05, 0) is 55.8 Å². The highest BCUT2D eigenvalue weighted by molar-refractivity contribution is 5.81. The number of anilines is 3. The zero-order chi connectivity index (χ0) is 21.6. The van der Waals surface area contributed by atoms with Crippen LogP contribution in [0.4, 0.5) is 17.5 Å². The molecule has 4 rings (SSSR count). The number of aromatic nitrogens is 3. The minimum Gasteiger partial charge on any atom is -0.481 e. The average Bonchev–Trinajstić information content (AvgIpc) is 2.80. The molecule has 1 aliphatic heterocycles. The summed E-state index contributed by atoms with van der Waals surface area (Å²) in [5, 5.41) is 11.8. The highest BCUT2D eigenvalue weighted by atomic mass is 16.5. The number of pyridine rings is 1. The number of amides is 1. The van der Waals surface area contributed by atoms with Crippen LogP contribution in [0.3, 0.4) is 0 Å². The summed E-state index contributed by atoms with van der Waals surface area (Å²) in [5.74, 6) is 2.87. The molecule has 0 saturated carbocycles. The SMILES string of the molecule is Cc1ccnc(Nc2ccc(N3CCN(C(=O)C(C)Oc4ccccc4)CC3)nn2)c1. The quantitative estimate of drug-likeness (QED) is 0.659. The molecule has 1 aromatic carbocycles. The molecule has 0 aliphatic carbocycles. The minimum absolute atomic E-state index is 0.000195. The van der Waals surface area contributed by atoms with Crippen molar-refractivity contribution in [2.24, 2.45) is 0 Å². The smallest absolute Gasteiger partial charge is 0.263 e. The lowest BCUT2D eigenvalue weighted by Gasteiger charge is -2.36. The van der Waals surface area contributed by atoms with Gasteiger partial charge in [-0.1, -0.05) is 18.2 Å². The predicted molar refractivity (Wildman–Crippen MR) is 120 cm³/mol. The van der Waals surface area contributed by atoms with E-state index in [0.29, 0.717) is 37.7 Å². The lowest BCUT2D eigenvalue weighted by molar-refractivity contribution is -0.138. The minimum atomic E-state index is -0.519.